The molecule has 114 valence electrons. The number of nitro groups is 1. The smallest absolute Gasteiger partial charge is 0.319 e. The lowest BCUT2D eigenvalue weighted by Gasteiger charge is -2.29. The summed E-state index contributed by atoms with van der Waals surface area (Å²) in [6.07, 6.45) is 4.43. The third kappa shape index (κ3) is 4.07. The summed E-state index contributed by atoms with van der Waals surface area (Å²) in [5.74, 6) is 0.463. The Labute approximate surface area is 128 Å². The molecule has 0 aromatic heterocycles. The standard InChI is InChI=1S/C14H18ClN3O3/c1-9-4-2-3-5-12(9)17-14(19)16-10-6-7-13(18(20)21)11(15)8-10/h6-9,12H,2-5H2,1H3,(H2,16,17,19)/t9-,12+/m0/s1. The second-order valence-corrected chi connectivity index (χ2v) is 5.80. The van der Waals surface area contributed by atoms with Crippen molar-refractivity contribution in [2.24, 2.45) is 5.92 Å². The van der Waals surface area contributed by atoms with Crippen LogP contribution in [0.3, 0.4) is 0 Å². The molecule has 1 aromatic rings. The van der Waals surface area contributed by atoms with Gasteiger partial charge in [0.2, 0.25) is 0 Å². The Morgan fingerprint density at radius 1 is 1.38 bits per heavy atom. The second-order valence-electron chi connectivity index (χ2n) is 5.39. The molecular formula is C14H18ClN3O3. The molecule has 0 saturated heterocycles. The van der Waals surface area contributed by atoms with Crippen LogP contribution in [0.25, 0.3) is 0 Å². The number of amides is 2. The van der Waals surface area contributed by atoms with Crippen molar-refractivity contribution >= 4 is 29.0 Å². The van der Waals surface area contributed by atoms with E-state index in [1.807, 2.05) is 0 Å². The molecule has 0 bridgehead atoms. The summed E-state index contributed by atoms with van der Waals surface area (Å²) in [6.45, 7) is 2.13. The van der Waals surface area contributed by atoms with Crippen molar-refractivity contribution in [3.8, 4) is 0 Å². The van der Waals surface area contributed by atoms with Gasteiger partial charge in [-0.3, -0.25) is 10.1 Å². The van der Waals surface area contributed by atoms with Gasteiger partial charge < -0.3 is 10.6 Å². The predicted molar refractivity (Wildman–Crippen MR) is 81.7 cm³/mol. The fourth-order valence-electron chi connectivity index (χ4n) is 2.60. The molecule has 1 aromatic carbocycles. The number of benzene rings is 1. The Balaban J connectivity index is 1.96. The lowest BCUT2D eigenvalue weighted by atomic mass is 9.86. The van der Waals surface area contributed by atoms with Crippen molar-refractivity contribution < 1.29 is 9.72 Å². The van der Waals surface area contributed by atoms with Gasteiger partial charge >= 0.3 is 6.03 Å². The molecule has 0 unspecified atom stereocenters. The molecule has 2 rings (SSSR count). The highest BCUT2D eigenvalue weighted by atomic mass is 35.5. The van der Waals surface area contributed by atoms with Crippen LogP contribution in [-0.4, -0.2) is 17.0 Å². The molecule has 0 spiro atoms. The zero-order valence-corrected chi connectivity index (χ0v) is 12.5. The summed E-state index contributed by atoms with van der Waals surface area (Å²) in [4.78, 5) is 22.1. The number of urea groups is 1. The maximum absolute atomic E-state index is 12.0. The Bertz CT molecular complexity index is 550. The van der Waals surface area contributed by atoms with Crippen LogP contribution in [0.5, 0.6) is 0 Å². The summed E-state index contributed by atoms with van der Waals surface area (Å²) < 4.78 is 0. The Morgan fingerprint density at radius 2 is 2.10 bits per heavy atom. The van der Waals surface area contributed by atoms with Gasteiger partial charge in [0, 0.05) is 17.8 Å². The van der Waals surface area contributed by atoms with Crippen molar-refractivity contribution in [2.75, 3.05) is 5.32 Å². The van der Waals surface area contributed by atoms with Crippen molar-refractivity contribution in [3.63, 3.8) is 0 Å². The third-order valence-corrected chi connectivity index (χ3v) is 4.13. The molecule has 1 aliphatic carbocycles. The van der Waals surface area contributed by atoms with Crippen LogP contribution in [0.1, 0.15) is 32.6 Å². The second kappa shape index (κ2) is 6.76. The van der Waals surface area contributed by atoms with Crippen LogP contribution in [0.15, 0.2) is 18.2 Å². The van der Waals surface area contributed by atoms with Gasteiger partial charge in [-0.05, 0) is 30.9 Å². The van der Waals surface area contributed by atoms with Gasteiger partial charge in [0.25, 0.3) is 5.69 Å². The number of rotatable bonds is 3. The van der Waals surface area contributed by atoms with Crippen molar-refractivity contribution in [2.45, 2.75) is 38.6 Å². The lowest BCUT2D eigenvalue weighted by Crippen LogP contribution is -2.43. The number of halogens is 1. The van der Waals surface area contributed by atoms with E-state index in [4.69, 9.17) is 11.6 Å². The number of carbonyl (C=O) groups excluding carboxylic acids is 1. The highest BCUT2D eigenvalue weighted by molar-refractivity contribution is 6.33. The number of anilines is 1. The number of carbonyl (C=O) groups is 1. The fraction of sp³-hybridized carbons (Fsp3) is 0.500. The van der Waals surface area contributed by atoms with Gasteiger partial charge in [-0.2, -0.15) is 0 Å². The molecule has 21 heavy (non-hydrogen) atoms. The molecule has 2 N–H and O–H groups in total. The normalized spacial score (nSPS) is 21.6. The molecule has 0 heterocycles. The number of hydrogen-bond donors (Lipinski definition) is 2. The van der Waals surface area contributed by atoms with E-state index in [-0.39, 0.29) is 22.8 Å². The third-order valence-electron chi connectivity index (χ3n) is 3.83. The summed E-state index contributed by atoms with van der Waals surface area (Å²) in [6, 6.07) is 3.99. The van der Waals surface area contributed by atoms with E-state index in [0.717, 1.165) is 19.3 Å². The first-order valence-electron chi connectivity index (χ1n) is 6.99. The van der Waals surface area contributed by atoms with Gasteiger partial charge in [0.15, 0.2) is 0 Å². The van der Waals surface area contributed by atoms with E-state index in [2.05, 4.69) is 17.6 Å². The van der Waals surface area contributed by atoms with E-state index in [9.17, 15) is 14.9 Å². The van der Waals surface area contributed by atoms with Crippen LogP contribution in [0.2, 0.25) is 5.02 Å². The largest absolute Gasteiger partial charge is 0.335 e. The van der Waals surface area contributed by atoms with Crippen LogP contribution >= 0.6 is 11.6 Å². The van der Waals surface area contributed by atoms with Crippen LogP contribution in [-0.2, 0) is 0 Å². The lowest BCUT2D eigenvalue weighted by molar-refractivity contribution is -0.384. The minimum atomic E-state index is -0.560. The molecular weight excluding hydrogens is 294 g/mol. The number of nitro benzene ring substituents is 1. The van der Waals surface area contributed by atoms with Gasteiger partial charge in [0.05, 0.1) is 4.92 Å². The number of nitrogens with zero attached hydrogens (tertiary/aromatic N) is 1. The van der Waals surface area contributed by atoms with Gasteiger partial charge in [-0.1, -0.05) is 31.4 Å². The molecule has 7 heteroatoms. The molecule has 2 amide bonds. The highest BCUT2D eigenvalue weighted by Gasteiger charge is 2.23. The molecule has 0 aliphatic heterocycles. The maximum Gasteiger partial charge on any atom is 0.319 e. The molecule has 1 aliphatic rings. The fourth-order valence-corrected chi connectivity index (χ4v) is 2.85. The van der Waals surface area contributed by atoms with E-state index in [1.165, 1.54) is 24.6 Å². The van der Waals surface area contributed by atoms with Gasteiger partial charge in [-0.15, -0.1) is 0 Å². The summed E-state index contributed by atoms with van der Waals surface area (Å²) in [5.41, 5.74) is 0.259. The van der Waals surface area contributed by atoms with Crippen LogP contribution < -0.4 is 10.6 Å². The van der Waals surface area contributed by atoms with E-state index >= 15 is 0 Å². The van der Waals surface area contributed by atoms with Crippen molar-refractivity contribution in [3.05, 3.63) is 33.3 Å². The van der Waals surface area contributed by atoms with Gasteiger partial charge in [0.1, 0.15) is 5.02 Å². The average molecular weight is 312 g/mol. The zero-order chi connectivity index (χ0) is 15.4. The molecule has 2 atom stereocenters. The highest BCUT2D eigenvalue weighted by Crippen LogP contribution is 2.27. The molecule has 1 saturated carbocycles. The summed E-state index contributed by atoms with van der Waals surface area (Å²) >= 11 is 5.81. The van der Waals surface area contributed by atoms with E-state index in [0.29, 0.717) is 11.6 Å². The number of nitrogens with one attached hydrogen (secondary N) is 2. The quantitative estimate of drug-likeness (QED) is 0.654. The maximum atomic E-state index is 12.0. The van der Waals surface area contributed by atoms with Crippen molar-refractivity contribution in [1.29, 1.82) is 0 Å². The van der Waals surface area contributed by atoms with Gasteiger partial charge in [-0.25, -0.2) is 4.79 Å². The topological polar surface area (TPSA) is 84.3 Å². The van der Waals surface area contributed by atoms with Crippen molar-refractivity contribution in [1.82, 2.24) is 5.32 Å². The average Bonchev–Trinajstić information content (AvgIpc) is 2.41. The Hall–Kier alpha value is -1.82. The first-order chi connectivity index (χ1) is 9.97. The summed E-state index contributed by atoms with van der Waals surface area (Å²) in [7, 11) is 0. The number of hydrogen-bond acceptors (Lipinski definition) is 3. The molecule has 1 fully saturated rings. The summed E-state index contributed by atoms with van der Waals surface area (Å²) in [5, 5.41) is 16.3. The first-order valence-corrected chi connectivity index (χ1v) is 7.36. The molecule has 6 nitrogen and oxygen atoms in total. The van der Waals surface area contributed by atoms with Crippen LogP contribution in [0.4, 0.5) is 16.2 Å². The van der Waals surface area contributed by atoms with E-state index < -0.39 is 4.92 Å². The SMILES string of the molecule is C[C@H]1CCCC[C@H]1NC(=O)Nc1ccc([N+](=O)[O-])c(Cl)c1. The van der Waals surface area contributed by atoms with Crippen LogP contribution in [0, 0.1) is 16.0 Å². The first kappa shape index (κ1) is 15.6. The van der Waals surface area contributed by atoms with E-state index in [1.54, 1.807) is 0 Å². The minimum absolute atomic E-state index is 0.00355. The zero-order valence-electron chi connectivity index (χ0n) is 11.8. The predicted octanol–water partition coefficient (Wildman–Crippen LogP) is 3.95. The Morgan fingerprint density at radius 3 is 2.71 bits per heavy atom. The molecule has 0 radical (unpaired) electrons. The Kier molecular flexibility index (Phi) is 5.01. The minimum Gasteiger partial charge on any atom is -0.335 e. The monoisotopic (exact) mass is 311 g/mol.